The van der Waals surface area contributed by atoms with E-state index in [4.69, 9.17) is 18.9 Å². The molecule has 116 valence electrons. The van der Waals surface area contributed by atoms with Gasteiger partial charge in [0.15, 0.2) is 12.4 Å². The molecule has 0 amide bonds. The number of aliphatic hydroxyl groups is 2. The number of esters is 1. The normalized spacial score (nSPS) is 29.0. The molecule has 1 aromatic carbocycles. The number of carbonyl (C=O) groups excluding carboxylic acids is 1. The minimum Gasteiger partial charge on any atom is -0.497 e. The van der Waals surface area contributed by atoms with E-state index < -0.39 is 30.6 Å². The minimum absolute atomic E-state index is 0.0870. The third kappa shape index (κ3) is 3.51. The van der Waals surface area contributed by atoms with E-state index in [1.807, 2.05) is 0 Å². The van der Waals surface area contributed by atoms with Gasteiger partial charge in [0.2, 0.25) is 0 Å². The highest BCUT2D eigenvalue weighted by Crippen LogP contribution is 2.21. The maximum Gasteiger partial charge on any atom is 0.338 e. The molecule has 1 aromatic rings. The van der Waals surface area contributed by atoms with Gasteiger partial charge in [0.25, 0.3) is 0 Å². The lowest BCUT2D eigenvalue weighted by molar-refractivity contribution is -0.261. The number of carbonyl (C=O) groups is 1. The number of ether oxygens (including phenoxy) is 4. The second-order valence-corrected chi connectivity index (χ2v) is 4.59. The van der Waals surface area contributed by atoms with Crippen molar-refractivity contribution >= 4 is 5.97 Å². The quantitative estimate of drug-likeness (QED) is 0.752. The molecule has 1 fully saturated rings. The highest BCUT2D eigenvalue weighted by molar-refractivity contribution is 5.89. The van der Waals surface area contributed by atoms with E-state index >= 15 is 0 Å². The van der Waals surface area contributed by atoms with Gasteiger partial charge in [-0.25, -0.2) is 4.79 Å². The number of benzene rings is 1. The molecular weight excluding hydrogens is 280 g/mol. The van der Waals surface area contributed by atoms with Gasteiger partial charge in [-0.05, 0) is 24.3 Å². The van der Waals surface area contributed by atoms with Crippen molar-refractivity contribution in [3.63, 3.8) is 0 Å². The van der Waals surface area contributed by atoms with Crippen LogP contribution in [0.3, 0.4) is 0 Å². The molecule has 1 aliphatic rings. The zero-order chi connectivity index (χ0) is 15.4. The summed E-state index contributed by atoms with van der Waals surface area (Å²) in [5.74, 6) is -0.0424. The van der Waals surface area contributed by atoms with Crippen molar-refractivity contribution in [2.45, 2.75) is 24.6 Å². The van der Waals surface area contributed by atoms with Crippen LogP contribution in [0.1, 0.15) is 10.4 Å². The molecule has 0 radical (unpaired) electrons. The van der Waals surface area contributed by atoms with Gasteiger partial charge in [0, 0.05) is 7.11 Å². The number of methoxy groups -OCH3 is 2. The molecule has 4 atom stereocenters. The SMILES string of the molecule is COc1ccc(C(=O)O[C@@H]2[C@@H](OC)OC[C@@H](O)[C@@H]2O)cc1. The summed E-state index contributed by atoms with van der Waals surface area (Å²) in [7, 11) is 2.89. The predicted molar refractivity (Wildman–Crippen MR) is 71.0 cm³/mol. The molecule has 0 spiro atoms. The molecule has 7 nitrogen and oxygen atoms in total. The molecule has 0 unspecified atom stereocenters. The lowest BCUT2D eigenvalue weighted by Gasteiger charge is -2.36. The van der Waals surface area contributed by atoms with Crippen LogP contribution < -0.4 is 4.74 Å². The van der Waals surface area contributed by atoms with Gasteiger partial charge in [0.05, 0.1) is 19.3 Å². The van der Waals surface area contributed by atoms with Crippen molar-refractivity contribution < 1.29 is 34.0 Å². The molecule has 2 N–H and O–H groups in total. The third-order valence-electron chi connectivity index (χ3n) is 3.23. The molecule has 2 rings (SSSR count). The second kappa shape index (κ2) is 6.86. The minimum atomic E-state index is -1.27. The van der Waals surface area contributed by atoms with Crippen LogP contribution in [-0.2, 0) is 14.2 Å². The number of rotatable bonds is 4. The van der Waals surface area contributed by atoms with E-state index in [0.29, 0.717) is 5.75 Å². The van der Waals surface area contributed by atoms with Gasteiger partial charge in [0.1, 0.15) is 18.0 Å². The summed E-state index contributed by atoms with van der Waals surface area (Å²) in [6.07, 6.45) is -4.44. The van der Waals surface area contributed by atoms with Crippen molar-refractivity contribution in [2.24, 2.45) is 0 Å². The molecule has 1 heterocycles. The standard InChI is InChI=1S/C14H18O7/c1-18-9-5-3-8(4-6-9)13(17)21-12-11(16)10(15)7-20-14(12)19-2/h3-6,10-12,14-16H,7H2,1-2H3/t10-,11+,12+,14+/m1/s1. The first-order valence-corrected chi connectivity index (χ1v) is 6.42. The van der Waals surface area contributed by atoms with Crippen LogP contribution in [0.4, 0.5) is 0 Å². The van der Waals surface area contributed by atoms with Gasteiger partial charge in [-0.2, -0.15) is 0 Å². The summed E-state index contributed by atoms with van der Waals surface area (Å²) in [5, 5.41) is 19.5. The van der Waals surface area contributed by atoms with E-state index in [1.54, 1.807) is 12.1 Å². The topological polar surface area (TPSA) is 94.5 Å². The predicted octanol–water partition coefficient (Wildman–Crippen LogP) is -0.0549. The summed E-state index contributed by atoms with van der Waals surface area (Å²) < 4.78 is 20.4. The first-order chi connectivity index (χ1) is 10.1. The number of aliphatic hydroxyl groups excluding tert-OH is 2. The Balaban J connectivity index is 2.08. The fourth-order valence-electron chi connectivity index (χ4n) is 2.01. The van der Waals surface area contributed by atoms with Gasteiger partial charge < -0.3 is 29.2 Å². The second-order valence-electron chi connectivity index (χ2n) is 4.59. The third-order valence-corrected chi connectivity index (χ3v) is 3.23. The molecule has 7 heteroatoms. The monoisotopic (exact) mass is 298 g/mol. The number of hydrogen-bond acceptors (Lipinski definition) is 7. The first-order valence-electron chi connectivity index (χ1n) is 6.42. The van der Waals surface area contributed by atoms with Crippen LogP contribution in [0.5, 0.6) is 5.75 Å². The molecule has 0 aliphatic carbocycles. The summed E-state index contributed by atoms with van der Waals surface area (Å²) in [5.41, 5.74) is 0.290. The molecule has 0 bridgehead atoms. The fraction of sp³-hybridized carbons (Fsp3) is 0.500. The van der Waals surface area contributed by atoms with Crippen molar-refractivity contribution in [1.82, 2.24) is 0 Å². The van der Waals surface area contributed by atoms with Crippen LogP contribution in [0.2, 0.25) is 0 Å². The molecule has 0 aromatic heterocycles. The summed E-state index contributed by atoms with van der Waals surface area (Å²) in [6.45, 7) is -0.0870. The molecule has 0 saturated carbocycles. The highest BCUT2D eigenvalue weighted by Gasteiger charge is 2.41. The number of hydrogen-bond donors (Lipinski definition) is 2. The molecule has 21 heavy (non-hydrogen) atoms. The zero-order valence-corrected chi connectivity index (χ0v) is 11.8. The Morgan fingerprint density at radius 1 is 1.24 bits per heavy atom. The summed E-state index contributed by atoms with van der Waals surface area (Å²) in [6, 6.07) is 6.31. The van der Waals surface area contributed by atoms with E-state index in [2.05, 4.69) is 0 Å². The van der Waals surface area contributed by atoms with Gasteiger partial charge >= 0.3 is 5.97 Å². The van der Waals surface area contributed by atoms with Crippen LogP contribution in [0.25, 0.3) is 0 Å². The Bertz CT molecular complexity index is 471. The average Bonchev–Trinajstić information content (AvgIpc) is 2.52. The van der Waals surface area contributed by atoms with Gasteiger partial charge in [-0.1, -0.05) is 0 Å². The largest absolute Gasteiger partial charge is 0.497 e. The smallest absolute Gasteiger partial charge is 0.338 e. The van der Waals surface area contributed by atoms with Crippen molar-refractivity contribution in [1.29, 1.82) is 0 Å². The highest BCUT2D eigenvalue weighted by atomic mass is 16.7. The molecular formula is C14H18O7. The maximum atomic E-state index is 12.1. The molecule has 1 saturated heterocycles. The van der Waals surface area contributed by atoms with Crippen LogP contribution in [0.15, 0.2) is 24.3 Å². The Morgan fingerprint density at radius 3 is 2.48 bits per heavy atom. The Labute approximate surface area is 122 Å². The van der Waals surface area contributed by atoms with Crippen LogP contribution >= 0.6 is 0 Å². The Hall–Kier alpha value is -1.67. The van der Waals surface area contributed by atoms with Crippen molar-refractivity contribution in [2.75, 3.05) is 20.8 Å². The Kier molecular flexibility index (Phi) is 5.13. The lowest BCUT2D eigenvalue weighted by Crippen LogP contribution is -2.55. The van der Waals surface area contributed by atoms with E-state index in [0.717, 1.165) is 0 Å². The van der Waals surface area contributed by atoms with Crippen molar-refractivity contribution in [3.8, 4) is 5.75 Å². The van der Waals surface area contributed by atoms with Gasteiger partial charge in [-0.3, -0.25) is 0 Å². The van der Waals surface area contributed by atoms with E-state index in [9.17, 15) is 15.0 Å². The van der Waals surface area contributed by atoms with Gasteiger partial charge in [-0.15, -0.1) is 0 Å². The summed E-state index contributed by atoms with van der Waals surface area (Å²) in [4.78, 5) is 12.1. The van der Waals surface area contributed by atoms with E-state index in [1.165, 1.54) is 26.4 Å². The van der Waals surface area contributed by atoms with Crippen LogP contribution in [-0.4, -0.2) is 61.6 Å². The zero-order valence-electron chi connectivity index (χ0n) is 11.8. The maximum absolute atomic E-state index is 12.1. The Morgan fingerprint density at radius 2 is 1.90 bits per heavy atom. The lowest BCUT2D eigenvalue weighted by atomic mass is 10.1. The van der Waals surface area contributed by atoms with E-state index in [-0.39, 0.29) is 12.2 Å². The van der Waals surface area contributed by atoms with Crippen LogP contribution in [0, 0.1) is 0 Å². The first kappa shape index (κ1) is 15.7. The molecule has 1 aliphatic heterocycles. The summed E-state index contributed by atoms with van der Waals surface area (Å²) >= 11 is 0. The fourth-order valence-corrected chi connectivity index (χ4v) is 2.01. The average molecular weight is 298 g/mol. The van der Waals surface area contributed by atoms with Crippen molar-refractivity contribution in [3.05, 3.63) is 29.8 Å².